The molecule has 0 radical (unpaired) electrons. The zero-order valence-electron chi connectivity index (χ0n) is 15.9. The molecule has 0 bridgehead atoms. The fraction of sp³-hybridized carbons (Fsp3) is 0.200. The molecule has 1 heterocycles. The van der Waals surface area contributed by atoms with E-state index < -0.39 is 35.7 Å². The van der Waals surface area contributed by atoms with Crippen molar-refractivity contribution in [1.82, 2.24) is 0 Å². The molecule has 2 aromatic carbocycles. The molecule has 0 fully saturated rings. The number of benzene rings is 2. The number of carbonyl (C=O) groups is 2. The van der Waals surface area contributed by atoms with Crippen molar-refractivity contribution in [3.05, 3.63) is 59.6 Å². The number of halogens is 4. The molecule has 0 aliphatic rings. The fourth-order valence-corrected chi connectivity index (χ4v) is 2.68. The number of nitrogens with one attached hydrogen (secondary N) is 1. The maximum Gasteiger partial charge on any atom is 0.573 e. The number of ether oxygens (including phenoxy) is 3. The SMILES string of the molecule is CCOC(=O)c1cc(COC(=O)Nc2cc(OC(F)(F)F)ccc2F)c2ccoc2c1. The first-order chi connectivity index (χ1) is 14.7. The van der Waals surface area contributed by atoms with E-state index in [1.54, 1.807) is 13.0 Å². The van der Waals surface area contributed by atoms with E-state index in [0.717, 1.165) is 6.07 Å². The number of hydrogen-bond acceptors (Lipinski definition) is 6. The van der Waals surface area contributed by atoms with Gasteiger partial charge in [0.05, 0.1) is 24.1 Å². The van der Waals surface area contributed by atoms with Gasteiger partial charge in [0.15, 0.2) is 0 Å². The zero-order chi connectivity index (χ0) is 22.6. The Balaban J connectivity index is 1.73. The number of fused-ring (bicyclic) bond motifs is 1. The topological polar surface area (TPSA) is 87.0 Å². The van der Waals surface area contributed by atoms with Crippen LogP contribution >= 0.6 is 0 Å². The highest BCUT2D eigenvalue weighted by molar-refractivity contribution is 5.95. The van der Waals surface area contributed by atoms with Gasteiger partial charge in [0.25, 0.3) is 0 Å². The zero-order valence-corrected chi connectivity index (χ0v) is 15.9. The van der Waals surface area contributed by atoms with Gasteiger partial charge in [0, 0.05) is 17.0 Å². The first-order valence-corrected chi connectivity index (χ1v) is 8.82. The molecule has 3 rings (SSSR count). The van der Waals surface area contributed by atoms with Crippen LogP contribution in [-0.4, -0.2) is 25.0 Å². The highest BCUT2D eigenvalue weighted by Gasteiger charge is 2.31. The number of carbonyl (C=O) groups excluding carboxylic acids is 2. The van der Waals surface area contributed by atoms with E-state index in [9.17, 15) is 27.2 Å². The lowest BCUT2D eigenvalue weighted by molar-refractivity contribution is -0.274. The lowest BCUT2D eigenvalue weighted by Crippen LogP contribution is -2.18. The Morgan fingerprint density at radius 1 is 1.10 bits per heavy atom. The maximum absolute atomic E-state index is 13.8. The van der Waals surface area contributed by atoms with Crippen molar-refractivity contribution in [2.75, 3.05) is 11.9 Å². The average molecular weight is 441 g/mol. The Kier molecular flexibility index (Phi) is 6.33. The van der Waals surface area contributed by atoms with Gasteiger partial charge in [-0.3, -0.25) is 5.32 Å². The van der Waals surface area contributed by atoms with E-state index in [2.05, 4.69) is 4.74 Å². The van der Waals surface area contributed by atoms with Crippen molar-refractivity contribution in [1.29, 1.82) is 0 Å². The quantitative estimate of drug-likeness (QED) is 0.407. The van der Waals surface area contributed by atoms with Crippen LogP contribution in [0, 0.1) is 5.82 Å². The summed E-state index contributed by atoms with van der Waals surface area (Å²) in [5.74, 6) is -2.31. The number of alkyl halides is 3. The molecule has 11 heteroatoms. The Morgan fingerprint density at radius 2 is 1.87 bits per heavy atom. The number of anilines is 1. The predicted molar refractivity (Wildman–Crippen MR) is 99.1 cm³/mol. The van der Waals surface area contributed by atoms with Crippen LogP contribution in [0.4, 0.5) is 28.0 Å². The molecule has 1 N–H and O–H groups in total. The second kappa shape index (κ2) is 8.94. The van der Waals surface area contributed by atoms with Gasteiger partial charge in [-0.15, -0.1) is 13.2 Å². The van der Waals surface area contributed by atoms with Gasteiger partial charge in [0.1, 0.15) is 23.8 Å². The molecular weight excluding hydrogens is 426 g/mol. The summed E-state index contributed by atoms with van der Waals surface area (Å²) in [6.45, 7) is 1.47. The third-order valence-corrected chi connectivity index (χ3v) is 3.94. The Hall–Kier alpha value is -3.76. The van der Waals surface area contributed by atoms with Crippen molar-refractivity contribution in [2.45, 2.75) is 19.9 Å². The van der Waals surface area contributed by atoms with Crippen LogP contribution in [0.2, 0.25) is 0 Å². The second-order valence-electron chi connectivity index (χ2n) is 6.08. The van der Waals surface area contributed by atoms with Crippen LogP contribution in [0.3, 0.4) is 0 Å². The van der Waals surface area contributed by atoms with Crippen molar-refractivity contribution < 1.29 is 45.8 Å². The Morgan fingerprint density at radius 3 is 2.58 bits per heavy atom. The molecule has 0 aliphatic carbocycles. The molecule has 1 amide bonds. The Labute approximate surface area is 172 Å². The van der Waals surface area contributed by atoms with Gasteiger partial charge in [-0.25, -0.2) is 14.0 Å². The summed E-state index contributed by atoms with van der Waals surface area (Å²) in [5.41, 5.74) is 0.360. The van der Waals surface area contributed by atoms with Crippen LogP contribution in [0.15, 0.2) is 47.1 Å². The lowest BCUT2D eigenvalue weighted by Gasteiger charge is -2.12. The minimum Gasteiger partial charge on any atom is -0.464 e. The number of rotatable bonds is 6. The number of hydrogen-bond donors (Lipinski definition) is 1. The molecule has 31 heavy (non-hydrogen) atoms. The summed E-state index contributed by atoms with van der Waals surface area (Å²) in [6.07, 6.45) is -4.73. The molecule has 0 unspecified atom stereocenters. The fourth-order valence-electron chi connectivity index (χ4n) is 2.68. The smallest absolute Gasteiger partial charge is 0.464 e. The molecule has 1 aromatic heterocycles. The monoisotopic (exact) mass is 441 g/mol. The van der Waals surface area contributed by atoms with Gasteiger partial charge < -0.3 is 18.6 Å². The standard InChI is InChI=1S/C20H15F4NO6/c1-2-28-18(26)11-7-12(14-5-6-29-17(14)8-11)10-30-19(27)25-16-9-13(3-4-15(16)21)31-20(22,23)24/h3-9H,2,10H2,1H3,(H,25,27). The third kappa shape index (κ3) is 5.65. The van der Waals surface area contributed by atoms with Crippen LogP contribution in [0.25, 0.3) is 11.0 Å². The molecule has 0 spiro atoms. The summed E-state index contributed by atoms with van der Waals surface area (Å²) in [7, 11) is 0. The normalized spacial score (nSPS) is 11.3. The van der Waals surface area contributed by atoms with Crippen LogP contribution in [-0.2, 0) is 16.1 Å². The third-order valence-electron chi connectivity index (χ3n) is 3.94. The van der Waals surface area contributed by atoms with Crippen molar-refractivity contribution >= 4 is 28.7 Å². The molecular formula is C20H15F4NO6. The highest BCUT2D eigenvalue weighted by Crippen LogP contribution is 2.28. The molecule has 0 saturated carbocycles. The van der Waals surface area contributed by atoms with Crippen molar-refractivity contribution in [3.63, 3.8) is 0 Å². The molecule has 0 aliphatic heterocycles. The van der Waals surface area contributed by atoms with Crippen molar-refractivity contribution in [2.24, 2.45) is 0 Å². The largest absolute Gasteiger partial charge is 0.573 e. The van der Waals surface area contributed by atoms with E-state index in [4.69, 9.17) is 13.9 Å². The van der Waals surface area contributed by atoms with E-state index in [1.807, 2.05) is 5.32 Å². The van der Waals surface area contributed by atoms with E-state index in [0.29, 0.717) is 28.7 Å². The predicted octanol–water partition coefficient (Wildman–Crippen LogP) is 5.40. The van der Waals surface area contributed by atoms with Gasteiger partial charge in [-0.2, -0.15) is 0 Å². The van der Waals surface area contributed by atoms with E-state index >= 15 is 0 Å². The van der Waals surface area contributed by atoms with Gasteiger partial charge in [0.2, 0.25) is 0 Å². The summed E-state index contributed by atoms with van der Waals surface area (Å²) in [5, 5.41) is 2.57. The highest BCUT2D eigenvalue weighted by atomic mass is 19.4. The van der Waals surface area contributed by atoms with Gasteiger partial charge >= 0.3 is 18.4 Å². The number of esters is 1. The second-order valence-corrected chi connectivity index (χ2v) is 6.08. The lowest BCUT2D eigenvalue weighted by atomic mass is 10.1. The van der Waals surface area contributed by atoms with E-state index in [1.165, 1.54) is 18.4 Å². The molecule has 0 saturated heterocycles. The summed E-state index contributed by atoms with van der Waals surface area (Å²) in [6, 6.07) is 6.64. The number of amides is 1. The van der Waals surface area contributed by atoms with Crippen LogP contribution < -0.4 is 10.1 Å². The van der Waals surface area contributed by atoms with Gasteiger partial charge in [-0.05, 0) is 37.3 Å². The first kappa shape index (κ1) is 21.9. The van der Waals surface area contributed by atoms with Gasteiger partial charge in [-0.1, -0.05) is 0 Å². The average Bonchev–Trinajstić information content (AvgIpc) is 3.16. The van der Waals surface area contributed by atoms with Crippen LogP contribution in [0.1, 0.15) is 22.8 Å². The van der Waals surface area contributed by atoms with E-state index in [-0.39, 0.29) is 18.8 Å². The number of furan rings is 1. The molecule has 7 nitrogen and oxygen atoms in total. The Bertz CT molecular complexity index is 1110. The summed E-state index contributed by atoms with van der Waals surface area (Å²) < 4.78 is 69.7. The first-order valence-electron chi connectivity index (χ1n) is 8.82. The van der Waals surface area contributed by atoms with Crippen LogP contribution in [0.5, 0.6) is 5.75 Å². The maximum atomic E-state index is 13.8. The summed E-state index contributed by atoms with van der Waals surface area (Å²) in [4.78, 5) is 24.0. The van der Waals surface area contributed by atoms with Crippen molar-refractivity contribution in [3.8, 4) is 5.75 Å². The minimum atomic E-state index is -4.98. The summed E-state index contributed by atoms with van der Waals surface area (Å²) >= 11 is 0. The molecule has 164 valence electrons. The minimum absolute atomic E-state index is 0.159. The molecule has 3 aromatic rings. The molecule has 0 atom stereocenters.